The van der Waals surface area contributed by atoms with Crippen molar-refractivity contribution < 1.29 is 13.6 Å². The summed E-state index contributed by atoms with van der Waals surface area (Å²) in [7, 11) is 0. The Bertz CT molecular complexity index is 560. The van der Waals surface area contributed by atoms with Crippen molar-refractivity contribution >= 4 is 17.5 Å². The van der Waals surface area contributed by atoms with Crippen molar-refractivity contribution in [1.82, 2.24) is 10.6 Å². The third-order valence-electron chi connectivity index (χ3n) is 4.32. The summed E-state index contributed by atoms with van der Waals surface area (Å²) < 4.78 is 26.2. The molecule has 1 aromatic rings. The molecule has 2 aliphatic rings. The van der Waals surface area contributed by atoms with Crippen LogP contribution in [0.15, 0.2) is 24.3 Å². The normalized spacial score (nSPS) is 25.6. The Morgan fingerprint density at radius 1 is 1.43 bits per heavy atom. The van der Waals surface area contributed by atoms with Gasteiger partial charge in [0, 0.05) is 23.4 Å². The van der Waals surface area contributed by atoms with E-state index in [1.54, 1.807) is 0 Å². The molecule has 3 nitrogen and oxygen atoms in total. The maximum Gasteiger partial charge on any atom is 0.262 e. The van der Waals surface area contributed by atoms with Crippen LogP contribution in [0.5, 0.6) is 0 Å². The zero-order chi connectivity index (χ0) is 15.1. The number of rotatable bonds is 4. The minimum atomic E-state index is -2.79. The molecule has 1 saturated carbocycles. The first-order chi connectivity index (χ1) is 9.90. The quantitative estimate of drug-likeness (QED) is 0.896. The maximum atomic E-state index is 13.1. The summed E-state index contributed by atoms with van der Waals surface area (Å²) in [5.74, 6) is -3.13. The molecule has 21 heavy (non-hydrogen) atoms. The van der Waals surface area contributed by atoms with Gasteiger partial charge in [0.1, 0.15) is 0 Å². The molecule has 1 amide bonds. The monoisotopic (exact) mass is 314 g/mol. The molecule has 0 bridgehead atoms. The van der Waals surface area contributed by atoms with Gasteiger partial charge in [-0.3, -0.25) is 10.1 Å². The van der Waals surface area contributed by atoms with Gasteiger partial charge >= 0.3 is 0 Å². The van der Waals surface area contributed by atoms with E-state index in [-0.39, 0.29) is 11.3 Å². The highest BCUT2D eigenvalue weighted by molar-refractivity contribution is 6.30. The minimum Gasteiger partial charge on any atom is -0.354 e. The number of carbonyl (C=O) groups excluding carboxylic acids is 1. The molecule has 1 heterocycles. The highest BCUT2D eigenvalue weighted by Gasteiger charge is 2.46. The number of carbonyl (C=O) groups is 1. The predicted molar refractivity (Wildman–Crippen MR) is 76.7 cm³/mol. The Morgan fingerprint density at radius 2 is 2.19 bits per heavy atom. The van der Waals surface area contributed by atoms with E-state index in [4.69, 9.17) is 11.6 Å². The summed E-state index contributed by atoms with van der Waals surface area (Å²) in [6, 6.07) is 6.80. The number of hydrogen-bond acceptors (Lipinski definition) is 2. The van der Waals surface area contributed by atoms with E-state index < -0.39 is 24.9 Å². The molecule has 3 rings (SSSR count). The minimum absolute atomic E-state index is 0.0817. The molecule has 2 fully saturated rings. The Hall–Kier alpha value is -1.20. The molecule has 114 valence electrons. The van der Waals surface area contributed by atoms with E-state index in [0.717, 1.165) is 18.4 Å². The van der Waals surface area contributed by atoms with E-state index in [1.165, 1.54) is 0 Å². The first kappa shape index (κ1) is 14.7. The van der Waals surface area contributed by atoms with Gasteiger partial charge in [0.05, 0.1) is 12.6 Å². The molecular formula is C15H17ClF2N2O. The highest BCUT2D eigenvalue weighted by atomic mass is 35.5. The molecule has 0 spiro atoms. The fraction of sp³-hybridized carbons (Fsp3) is 0.533. The number of alkyl halides is 2. The third kappa shape index (κ3) is 3.19. The van der Waals surface area contributed by atoms with E-state index in [9.17, 15) is 13.6 Å². The average Bonchev–Trinajstić information content (AvgIpc) is 3.14. The second-order valence-corrected chi connectivity index (χ2v) is 6.44. The molecular weight excluding hydrogens is 298 g/mol. The van der Waals surface area contributed by atoms with Crippen molar-refractivity contribution in [2.24, 2.45) is 0 Å². The molecule has 6 heteroatoms. The van der Waals surface area contributed by atoms with Crippen LogP contribution in [0.25, 0.3) is 0 Å². The third-order valence-corrected chi connectivity index (χ3v) is 4.55. The topological polar surface area (TPSA) is 41.1 Å². The standard InChI is InChI=1S/C15H17ClF2N2O/c16-11-3-1-2-10(6-11)14(4-5-14)8-20-13(21)12-7-15(17,18)9-19-12/h1-3,6,12,19H,4-5,7-9H2,(H,20,21). The van der Waals surface area contributed by atoms with Crippen molar-refractivity contribution in [3.05, 3.63) is 34.9 Å². The van der Waals surface area contributed by atoms with Gasteiger partial charge in [-0.2, -0.15) is 0 Å². The lowest BCUT2D eigenvalue weighted by molar-refractivity contribution is -0.123. The molecule has 1 saturated heterocycles. The molecule has 1 unspecified atom stereocenters. The van der Waals surface area contributed by atoms with Gasteiger partial charge in [-0.05, 0) is 30.5 Å². The predicted octanol–water partition coefficient (Wildman–Crippen LogP) is 2.49. The largest absolute Gasteiger partial charge is 0.354 e. The summed E-state index contributed by atoms with van der Waals surface area (Å²) in [4.78, 5) is 12.0. The first-order valence-corrected chi connectivity index (χ1v) is 7.43. The van der Waals surface area contributed by atoms with Crippen molar-refractivity contribution in [2.75, 3.05) is 13.1 Å². The van der Waals surface area contributed by atoms with Crippen LogP contribution in [-0.4, -0.2) is 31.0 Å². The van der Waals surface area contributed by atoms with Gasteiger partial charge in [0.2, 0.25) is 5.91 Å². The van der Waals surface area contributed by atoms with Crippen LogP contribution in [0.1, 0.15) is 24.8 Å². The van der Waals surface area contributed by atoms with Crippen molar-refractivity contribution in [3.8, 4) is 0 Å². The van der Waals surface area contributed by atoms with Gasteiger partial charge in [-0.1, -0.05) is 23.7 Å². The maximum absolute atomic E-state index is 13.1. The van der Waals surface area contributed by atoms with Gasteiger partial charge in [0.15, 0.2) is 0 Å². The second kappa shape index (κ2) is 5.21. The summed E-state index contributed by atoms with van der Waals surface area (Å²) >= 11 is 6.00. The molecule has 0 aromatic heterocycles. The van der Waals surface area contributed by atoms with Gasteiger partial charge in [-0.15, -0.1) is 0 Å². The number of amides is 1. The molecule has 2 N–H and O–H groups in total. The lowest BCUT2D eigenvalue weighted by atomic mass is 9.96. The number of nitrogens with one attached hydrogen (secondary N) is 2. The molecule has 1 aliphatic heterocycles. The SMILES string of the molecule is O=C(NCC1(c2cccc(Cl)c2)CC1)C1CC(F)(F)CN1. The molecule has 1 atom stereocenters. The molecule has 1 aromatic carbocycles. The van der Waals surface area contributed by atoms with Crippen LogP contribution in [-0.2, 0) is 10.2 Å². The highest BCUT2D eigenvalue weighted by Crippen LogP contribution is 2.48. The number of hydrogen-bond donors (Lipinski definition) is 2. The second-order valence-electron chi connectivity index (χ2n) is 6.00. The summed E-state index contributed by atoms with van der Waals surface area (Å²) in [6.07, 6.45) is 1.52. The van der Waals surface area contributed by atoms with Gasteiger partial charge in [0.25, 0.3) is 5.92 Å². The van der Waals surface area contributed by atoms with Crippen LogP contribution in [0, 0.1) is 0 Å². The van der Waals surface area contributed by atoms with Crippen LogP contribution >= 0.6 is 11.6 Å². The first-order valence-electron chi connectivity index (χ1n) is 7.05. The van der Waals surface area contributed by atoms with E-state index in [2.05, 4.69) is 10.6 Å². The zero-order valence-corrected chi connectivity index (χ0v) is 12.2. The van der Waals surface area contributed by atoms with E-state index in [1.807, 2.05) is 24.3 Å². The average molecular weight is 315 g/mol. The van der Waals surface area contributed by atoms with Crippen molar-refractivity contribution in [3.63, 3.8) is 0 Å². The fourth-order valence-electron chi connectivity index (χ4n) is 2.82. The Balaban J connectivity index is 1.59. The lowest BCUT2D eigenvalue weighted by Gasteiger charge is -2.18. The van der Waals surface area contributed by atoms with Gasteiger partial charge in [-0.25, -0.2) is 8.78 Å². The summed E-state index contributed by atoms with van der Waals surface area (Å²) in [5, 5.41) is 6.04. The van der Waals surface area contributed by atoms with Crippen LogP contribution < -0.4 is 10.6 Å². The lowest BCUT2D eigenvalue weighted by Crippen LogP contribution is -2.43. The summed E-state index contributed by atoms with van der Waals surface area (Å²) in [5.41, 5.74) is 1.02. The Kier molecular flexibility index (Phi) is 3.66. The smallest absolute Gasteiger partial charge is 0.262 e. The fourth-order valence-corrected chi connectivity index (χ4v) is 3.01. The Morgan fingerprint density at radius 3 is 2.76 bits per heavy atom. The van der Waals surface area contributed by atoms with E-state index in [0.29, 0.717) is 11.6 Å². The van der Waals surface area contributed by atoms with Crippen LogP contribution in [0.2, 0.25) is 5.02 Å². The van der Waals surface area contributed by atoms with Gasteiger partial charge < -0.3 is 5.32 Å². The molecule has 0 radical (unpaired) electrons. The van der Waals surface area contributed by atoms with Crippen LogP contribution in [0.4, 0.5) is 8.78 Å². The summed E-state index contributed by atoms with van der Waals surface area (Å²) in [6.45, 7) is 0.0421. The number of benzene rings is 1. The van der Waals surface area contributed by atoms with E-state index >= 15 is 0 Å². The molecule has 1 aliphatic carbocycles. The van der Waals surface area contributed by atoms with Crippen molar-refractivity contribution in [1.29, 1.82) is 0 Å². The zero-order valence-electron chi connectivity index (χ0n) is 11.5. The Labute approximate surface area is 127 Å². The van der Waals surface area contributed by atoms with Crippen molar-refractivity contribution in [2.45, 2.75) is 36.6 Å². The van der Waals surface area contributed by atoms with Crippen LogP contribution in [0.3, 0.4) is 0 Å². The number of halogens is 3.